The summed E-state index contributed by atoms with van der Waals surface area (Å²) in [4.78, 5) is 23.8. The van der Waals surface area contributed by atoms with Gasteiger partial charge in [0.05, 0.1) is 6.54 Å². The first kappa shape index (κ1) is 13.7. The molecule has 1 aromatic carbocycles. The second-order valence-electron chi connectivity index (χ2n) is 4.22. The van der Waals surface area contributed by atoms with Crippen LogP contribution in [-0.4, -0.2) is 42.0 Å². The van der Waals surface area contributed by atoms with E-state index in [1.165, 1.54) is 0 Å². The summed E-state index contributed by atoms with van der Waals surface area (Å²) < 4.78 is 10.6. The van der Waals surface area contributed by atoms with Crippen molar-refractivity contribution < 1.29 is 19.1 Å². The number of alkyl halides is 1. The van der Waals surface area contributed by atoms with Gasteiger partial charge in [-0.25, -0.2) is 9.69 Å². The van der Waals surface area contributed by atoms with Gasteiger partial charge in [0.1, 0.15) is 18.2 Å². The number of para-hydroxylation sites is 1. The Labute approximate surface area is 116 Å². The zero-order valence-corrected chi connectivity index (χ0v) is 11.2. The molecule has 0 bridgehead atoms. The van der Waals surface area contributed by atoms with Crippen molar-refractivity contribution in [3.8, 4) is 5.75 Å². The van der Waals surface area contributed by atoms with Crippen molar-refractivity contribution in [2.75, 3.05) is 19.0 Å². The first-order valence-corrected chi connectivity index (χ1v) is 6.40. The maximum Gasteiger partial charge on any atom is 0.417 e. The van der Waals surface area contributed by atoms with Crippen molar-refractivity contribution in [2.24, 2.45) is 0 Å². The molecule has 1 aliphatic heterocycles. The van der Waals surface area contributed by atoms with Crippen LogP contribution in [0.25, 0.3) is 0 Å². The van der Waals surface area contributed by atoms with E-state index >= 15 is 0 Å². The van der Waals surface area contributed by atoms with Gasteiger partial charge in [0.2, 0.25) is 5.91 Å². The van der Waals surface area contributed by atoms with Crippen LogP contribution in [0.5, 0.6) is 5.75 Å². The van der Waals surface area contributed by atoms with Gasteiger partial charge in [-0.15, -0.1) is 11.6 Å². The Kier molecular flexibility index (Phi) is 4.27. The van der Waals surface area contributed by atoms with Gasteiger partial charge in [0.15, 0.2) is 6.10 Å². The molecule has 19 heavy (non-hydrogen) atoms. The van der Waals surface area contributed by atoms with E-state index in [0.717, 1.165) is 16.2 Å². The van der Waals surface area contributed by atoms with Gasteiger partial charge >= 0.3 is 6.09 Å². The maximum atomic E-state index is 11.4. The number of ether oxygens (including phenoxy) is 2. The van der Waals surface area contributed by atoms with E-state index in [9.17, 15) is 9.59 Å². The summed E-state index contributed by atoms with van der Waals surface area (Å²) in [7, 11) is 0. The van der Waals surface area contributed by atoms with E-state index in [-0.39, 0.29) is 19.0 Å². The average Bonchev–Trinajstić information content (AvgIpc) is 2.78. The molecule has 1 heterocycles. The van der Waals surface area contributed by atoms with Crippen molar-refractivity contribution in [2.45, 2.75) is 13.0 Å². The zero-order valence-electron chi connectivity index (χ0n) is 10.5. The van der Waals surface area contributed by atoms with Gasteiger partial charge in [0, 0.05) is 0 Å². The molecule has 1 atom stereocenters. The third kappa shape index (κ3) is 3.17. The largest absolute Gasteiger partial charge is 0.489 e. The number of benzene rings is 1. The number of hydrogen-bond acceptors (Lipinski definition) is 4. The molecule has 5 nitrogen and oxygen atoms in total. The number of imide groups is 1. The van der Waals surface area contributed by atoms with E-state index in [0.29, 0.717) is 0 Å². The number of hydrogen-bond donors (Lipinski definition) is 0. The first-order valence-electron chi connectivity index (χ1n) is 5.87. The summed E-state index contributed by atoms with van der Waals surface area (Å²) in [6.45, 7) is 2.32. The lowest BCUT2D eigenvalue weighted by Crippen LogP contribution is -2.33. The normalized spacial score (nSPS) is 18.3. The Morgan fingerprint density at radius 1 is 1.53 bits per heavy atom. The minimum atomic E-state index is -0.663. The van der Waals surface area contributed by atoms with E-state index in [2.05, 4.69) is 0 Å². The highest BCUT2D eigenvalue weighted by Gasteiger charge is 2.35. The van der Waals surface area contributed by atoms with Crippen LogP contribution in [0.1, 0.15) is 5.56 Å². The van der Waals surface area contributed by atoms with Gasteiger partial charge < -0.3 is 9.47 Å². The van der Waals surface area contributed by atoms with Crippen molar-refractivity contribution >= 4 is 23.6 Å². The van der Waals surface area contributed by atoms with Crippen LogP contribution in [0.2, 0.25) is 0 Å². The molecule has 2 amide bonds. The van der Waals surface area contributed by atoms with Crippen LogP contribution in [-0.2, 0) is 9.53 Å². The minimum Gasteiger partial charge on any atom is -0.489 e. The molecule has 1 aliphatic rings. The molecular weight excluding hydrogens is 270 g/mol. The van der Waals surface area contributed by atoms with Crippen LogP contribution in [0.3, 0.4) is 0 Å². The van der Waals surface area contributed by atoms with Gasteiger partial charge in [-0.3, -0.25) is 4.79 Å². The second-order valence-corrected chi connectivity index (χ2v) is 4.49. The molecule has 1 unspecified atom stereocenters. The highest BCUT2D eigenvalue weighted by atomic mass is 35.5. The number of carbonyl (C=O) groups is 2. The average molecular weight is 284 g/mol. The van der Waals surface area contributed by atoms with E-state index in [1.807, 2.05) is 31.2 Å². The SMILES string of the molecule is Cc1ccccc1OCC1CN(C(=O)CCl)C(=O)O1. The third-order valence-corrected chi connectivity index (χ3v) is 3.04. The first-order chi connectivity index (χ1) is 9.11. The molecule has 0 N–H and O–H groups in total. The van der Waals surface area contributed by atoms with Gasteiger partial charge in [-0.1, -0.05) is 18.2 Å². The summed E-state index contributed by atoms with van der Waals surface area (Å²) in [5, 5.41) is 0. The molecule has 0 saturated carbocycles. The smallest absolute Gasteiger partial charge is 0.417 e. The molecule has 0 aromatic heterocycles. The summed E-state index contributed by atoms with van der Waals surface area (Å²) in [6.07, 6.45) is -1.12. The molecule has 1 fully saturated rings. The number of nitrogens with zero attached hydrogens (tertiary/aromatic N) is 1. The fourth-order valence-electron chi connectivity index (χ4n) is 1.79. The summed E-state index contributed by atoms with van der Waals surface area (Å²) in [6, 6.07) is 7.55. The molecule has 2 rings (SSSR count). The highest BCUT2D eigenvalue weighted by Crippen LogP contribution is 2.18. The Hall–Kier alpha value is -1.75. The Bertz CT molecular complexity index is 491. The monoisotopic (exact) mass is 283 g/mol. The lowest BCUT2D eigenvalue weighted by atomic mass is 10.2. The molecule has 6 heteroatoms. The fourth-order valence-corrected chi connectivity index (χ4v) is 1.93. The zero-order chi connectivity index (χ0) is 13.8. The fraction of sp³-hybridized carbons (Fsp3) is 0.385. The number of aryl methyl sites for hydroxylation is 1. The molecule has 0 radical (unpaired) electrons. The van der Waals surface area contributed by atoms with Crippen molar-refractivity contribution in [3.05, 3.63) is 29.8 Å². The van der Waals surface area contributed by atoms with Crippen LogP contribution < -0.4 is 4.74 Å². The van der Waals surface area contributed by atoms with Crippen molar-refractivity contribution in [1.29, 1.82) is 0 Å². The summed E-state index contributed by atoms with van der Waals surface area (Å²) in [5.41, 5.74) is 1.00. The van der Waals surface area contributed by atoms with Crippen LogP contribution in [0.4, 0.5) is 4.79 Å². The topological polar surface area (TPSA) is 55.8 Å². The van der Waals surface area contributed by atoms with Crippen molar-refractivity contribution in [1.82, 2.24) is 4.90 Å². The standard InChI is InChI=1S/C13H14ClNO4/c1-9-4-2-3-5-11(9)18-8-10-7-15(12(16)6-14)13(17)19-10/h2-5,10H,6-8H2,1H3. The van der Waals surface area contributed by atoms with E-state index in [1.54, 1.807) is 0 Å². The van der Waals surface area contributed by atoms with Crippen molar-refractivity contribution in [3.63, 3.8) is 0 Å². The second kappa shape index (κ2) is 5.93. The van der Waals surface area contributed by atoms with E-state index < -0.39 is 18.1 Å². The van der Waals surface area contributed by atoms with Crippen LogP contribution in [0, 0.1) is 6.92 Å². The maximum absolute atomic E-state index is 11.4. The molecule has 0 spiro atoms. The number of rotatable bonds is 4. The molecule has 102 valence electrons. The van der Waals surface area contributed by atoms with Gasteiger partial charge in [-0.2, -0.15) is 0 Å². The number of cyclic esters (lactones) is 1. The molecular formula is C13H14ClNO4. The highest BCUT2D eigenvalue weighted by molar-refractivity contribution is 6.28. The Morgan fingerprint density at radius 3 is 2.95 bits per heavy atom. The third-order valence-electron chi connectivity index (χ3n) is 2.81. The van der Waals surface area contributed by atoms with Crippen LogP contribution in [0.15, 0.2) is 24.3 Å². The van der Waals surface area contributed by atoms with Crippen LogP contribution >= 0.6 is 11.6 Å². The lowest BCUT2D eigenvalue weighted by Gasteiger charge is -2.12. The predicted molar refractivity (Wildman–Crippen MR) is 69.4 cm³/mol. The van der Waals surface area contributed by atoms with Gasteiger partial charge in [0.25, 0.3) is 0 Å². The number of carbonyl (C=O) groups excluding carboxylic acids is 2. The van der Waals surface area contributed by atoms with Gasteiger partial charge in [-0.05, 0) is 18.6 Å². The minimum absolute atomic E-state index is 0.177. The number of amides is 2. The molecule has 1 saturated heterocycles. The number of halogens is 1. The lowest BCUT2D eigenvalue weighted by molar-refractivity contribution is -0.125. The molecule has 0 aliphatic carbocycles. The summed E-state index contributed by atoms with van der Waals surface area (Å²) >= 11 is 5.41. The quantitative estimate of drug-likeness (QED) is 0.793. The summed E-state index contributed by atoms with van der Waals surface area (Å²) in [5.74, 6) is 0.0474. The predicted octanol–water partition coefficient (Wildman–Crippen LogP) is 1.96. The Balaban J connectivity index is 1.90. The van der Waals surface area contributed by atoms with E-state index in [4.69, 9.17) is 21.1 Å². The molecule has 1 aromatic rings. The Morgan fingerprint density at radius 2 is 2.26 bits per heavy atom.